The molecular formula is C12H22N2S. The molecule has 0 aliphatic heterocycles. The molecule has 2 nitrogen and oxygen atoms in total. The van der Waals surface area contributed by atoms with Crippen LogP contribution in [0.4, 0.5) is 0 Å². The van der Waals surface area contributed by atoms with Crippen molar-refractivity contribution in [1.29, 1.82) is 0 Å². The van der Waals surface area contributed by atoms with Crippen molar-refractivity contribution in [2.75, 3.05) is 13.1 Å². The molecule has 3 heteroatoms. The number of hydrogen-bond donors (Lipinski definition) is 1. The van der Waals surface area contributed by atoms with E-state index in [0.29, 0.717) is 5.41 Å². The van der Waals surface area contributed by atoms with Gasteiger partial charge in [-0.3, -0.25) is 0 Å². The van der Waals surface area contributed by atoms with E-state index in [-0.39, 0.29) is 0 Å². The van der Waals surface area contributed by atoms with Crippen LogP contribution in [0.1, 0.15) is 37.9 Å². The predicted octanol–water partition coefficient (Wildman–Crippen LogP) is 3.02. The van der Waals surface area contributed by atoms with E-state index in [1.807, 2.05) is 0 Å². The third-order valence-electron chi connectivity index (χ3n) is 2.93. The van der Waals surface area contributed by atoms with Gasteiger partial charge >= 0.3 is 0 Å². The summed E-state index contributed by atoms with van der Waals surface area (Å²) in [6, 6.07) is 0. The lowest BCUT2D eigenvalue weighted by molar-refractivity contribution is 0.290. The summed E-state index contributed by atoms with van der Waals surface area (Å²) in [5, 5.41) is 6.81. The lowest BCUT2D eigenvalue weighted by Crippen LogP contribution is -2.33. The average molecular weight is 226 g/mol. The molecule has 0 spiro atoms. The summed E-state index contributed by atoms with van der Waals surface area (Å²) in [4.78, 5) is 4.54. The number of hydrogen-bond acceptors (Lipinski definition) is 3. The SMILES string of the molecule is CCNCC(C)(CC)Cc1csc(C)n1. The second kappa shape index (κ2) is 5.61. The van der Waals surface area contributed by atoms with Gasteiger partial charge in [-0.2, -0.15) is 0 Å². The quantitative estimate of drug-likeness (QED) is 0.806. The van der Waals surface area contributed by atoms with Gasteiger partial charge in [-0.15, -0.1) is 11.3 Å². The van der Waals surface area contributed by atoms with Crippen LogP contribution in [0.25, 0.3) is 0 Å². The molecule has 86 valence electrons. The molecule has 0 fully saturated rings. The van der Waals surface area contributed by atoms with Gasteiger partial charge in [-0.25, -0.2) is 4.98 Å². The number of rotatable bonds is 6. The summed E-state index contributed by atoms with van der Waals surface area (Å²) in [7, 11) is 0. The Balaban J connectivity index is 2.59. The maximum atomic E-state index is 4.54. The third kappa shape index (κ3) is 3.92. The molecule has 0 bridgehead atoms. The highest BCUT2D eigenvalue weighted by atomic mass is 32.1. The van der Waals surface area contributed by atoms with Crippen molar-refractivity contribution in [2.24, 2.45) is 5.41 Å². The fourth-order valence-corrected chi connectivity index (χ4v) is 2.28. The van der Waals surface area contributed by atoms with Gasteiger partial charge in [0.15, 0.2) is 0 Å². The lowest BCUT2D eigenvalue weighted by Gasteiger charge is -2.27. The van der Waals surface area contributed by atoms with Crippen LogP contribution in [0.5, 0.6) is 0 Å². The molecule has 0 radical (unpaired) electrons. The van der Waals surface area contributed by atoms with Crippen molar-refractivity contribution >= 4 is 11.3 Å². The summed E-state index contributed by atoms with van der Waals surface area (Å²) in [6.07, 6.45) is 2.28. The van der Waals surface area contributed by atoms with E-state index in [2.05, 4.69) is 43.4 Å². The van der Waals surface area contributed by atoms with E-state index in [0.717, 1.165) is 19.5 Å². The molecule has 1 atom stereocenters. The first kappa shape index (κ1) is 12.7. The lowest BCUT2D eigenvalue weighted by atomic mass is 9.83. The molecule has 1 unspecified atom stereocenters. The number of nitrogens with one attached hydrogen (secondary N) is 1. The molecule has 1 aromatic rings. The van der Waals surface area contributed by atoms with E-state index in [1.165, 1.54) is 17.1 Å². The van der Waals surface area contributed by atoms with Crippen LogP contribution in [0.3, 0.4) is 0 Å². The molecule has 1 rings (SSSR count). The zero-order valence-electron chi connectivity index (χ0n) is 10.3. The second-order valence-electron chi connectivity index (χ2n) is 4.48. The molecule has 15 heavy (non-hydrogen) atoms. The van der Waals surface area contributed by atoms with E-state index < -0.39 is 0 Å². The number of thiazole rings is 1. The van der Waals surface area contributed by atoms with E-state index in [4.69, 9.17) is 0 Å². The molecular weight excluding hydrogens is 204 g/mol. The molecule has 0 aliphatic rings. The summed E-state index contributed by atoms with van der Waals surface area (Å²) in [5.74, 6) is 0. The highest BCUT2D eigenvalue weighted by molar-refractivity contribution is 7.09. The standard InChI is InChI=1S/C12H22N2S/c1-5-12(4,9-13-6-2)7-11-8-15-10(3)14-11/h8,13H,5-7,9H2,1-4H3. The predicted molar refractivity (Wildman–Crippen MR) is 67.5 cm³/mol. The van der Waals surface area contributed by atoms with Crippen LogP contribution in [0.2, 0.25) is 0 Å². The van der Waals surface area contributed by atoms with Crippen molar-refractivity contribution in [3.63, 3.8) is 0 Å². The molecule has 1 N–H and O–H groups in total. The maximum Gasteiger partial charge on any atom is 0.0897 e. The minimum Gasteiger partial charge on any atom is -0.316 e. The van der Waals surface area contributed by atoms with E-state index in [1.54, 1.807) is 11.3 Å². The van der Waals surface area contributed by atoms with Crippen molar-refractivity contribution < 1.29 is 0 Å². The Morgan fingerprint density at radius 2 is 2.20 bits per heavy atom. The maximum absolute atomic E-state index is 4.54. The van der Waals surface area contributed by atoms with Crippen LogP contribution < -0.4 is 5.32 Å². The zero-order valence-corrected chi connectivity index (χ0v) is 11.1. The molecule has 0 aromatic carbocycles. The largest absolute Gasteiger partial charge is 0.316 e. The van der Waals surface area contributed by atoms with Crippen LogP contribution in [-0.2, 0) is 6.42 Å². The first-order valence-corrected chi connectivity index (χ1v) is 6.59. The van der Waals surface area contributed by atoms with Crippen LogP contribution in [-0.4, -0.2) is 18.1 Å². The number of aryl methyl sites for hydroxylation is 1. The molecule has 0 saturated heterocycles. The fourth-order valence-electron chi connectivity index (χ4n) is 1.67. The Labute approximate surface area is 97.1 Å². The Hall–Kier alpha value is -0.410. The van der Waals surface area contributed by atoms with Gasteiger partial charge in [0.05, 0.1) is 10.7 Å². The van der Waals surface area contributed by atoms with Gasteiger partial charge in [0.25, 0.3) is 0 Å². The summed E-state index contributed by atoms with van der Waals surface area (Å²) < 4.78 is 0. The Kier molecular flexibility index (Phi) is 4.74. The number of aromatic nitrogens is 1. The highest BCUT2D eigenvalue weighted by Crippen LogP contribution is 2.26. The van der Waals surface area contributed by atoms with Gasteiger partial charge < -0.3 is 5.32 Å². The van der Waals surface area contributed by atoms with Crippen molar-refractivity contribution in [3.05, 3.63) is 16.1 Å². The van der Waals surface area contributed by atoms with Crippen LogP contribution >= 0.6 is 11.3 Å². The number of nitrogens with zero attached hydrogens (tertiary/aromatic N) is 1. The minimum absolute atomic E-state index is 0.344. The highest BCUT2D eigenvalue weighted by Gasteiger charge is 2.22. The summed E-state index contributed by atoms with van der Waals surface area (Å²) in [5.41, 5.74) is 1.59. The van der Waals surface area contributed by atoms with Crippen molar-refractivity contribution in [2.45, 2.75) is 40.5 Å². The zero-order chi connectivity index (χ0) is 11.3. The molecule has 1 aromatic heterocycles. The van der Waals surface area contributed by atoms with E-state index >= 15 is 0 Å². The van der Waals surface area contributed by atoms with Gasteiger partial charge in [0.2, 0.25) is 0 Å². The normalized spacial score (nSPS) is 15.2. The second-order valence-corrected chi connectivity index (χ2v) is 5.54. The summed E-state index contributed by atoms with van der Waals surface area (Å²) in [6.45, 7) is 11.0. The molecule has 0 aliphatic carbocycles. The van der Waals surface area contributed by atoms with Gasteiger partial charge in [-0.05, 0) is 31.7 Å². The molecule has 0 amide bonds. The monoisotopic (exact) mass is 226 g/mol. The average Bonchev–Trinajstić information content (AvgIpc) is 2.61. The van der Waals surface area contributed by atoms with Crippen LogP contribution in [0.15, 0.2) is 5.38 Å². The van der Waals surface area contributed by atoms with Crippen molar-refractivity contribution in [1.82, 2.24) is 10.3 Å². The third-order valence-corrected chi connectivity index (χ3v) is 3.75. The first-order chi connectivity index (χ1) is 7.09. The Morgan fingerprint density at radius 1 is 1.47 bits per heavy atom. The van der Waals surface area contributed by atoms with E-state index in [9.17, 15) is 0 Å². The first-order valence-electron chi connectivity index (χ1n) is 5.71. The van der Waals surface area contributed by atoms with Gasteiger partial charge in [0, 0.05) is 11.9 Å². The molecule has 0 saturated carbocycles. The smallest absolute Gasteiger partial charge is 0.0897 e. The Morgan fingerprint density at radius 3 is 2.67 bits per heavy atom. The van der Waals surface area contributed by atoms with Gasteiger partial charge in [0.1, 0.15) is 0 Å². The fraction of sp³-hybridized carbons (Fsp3) is 0.750. The topological polar surface area (TPSA) is 24.9 Å². The Bertz CT molecular complexity index is 296. The van der Waals surface area contributed by atoms with Crippen molar-refractivity contribution in [3.8, 4) is 0 Å². The summed E-state index contributed by atoms with van der Waals surface area (Å²) >= 11 is 1.75. The van der Waals surface area contributed by atoms with Gasteiger partial charge in [-0.1, -0.05) is 20.8 Å². The molecule has 1 heterocycles. The van der Waals surface area contributed by atoms with Crippen LogP contribution in [0, 0.1) is 12.3 Å². The minimum atomic E-state index is 0.344.